The maximum absolute atomic E-state index is 12.6. The molecule has 2 aromatic heterocycles. The molecule has 0 atom stereocenters. The van der Waals surface area contributed by atoms with Crippen LogP contribution in [0.25, 0.3) is 5.69 Å². The highest BCUT2D eigenvalue weighted by molar-refractivity contribution is 7.12. The third-order valence-electron chi connectivity index (χ3n) is 3.74. The monoisotopic (exact) mass is 383 g/mol. The van der Waals surface area contributed by atoms with Gasteiger partial charge in [0.1, 0.15) is 0 Å². The molecular weight excluding hydrogens is 366 g/mol. The summed E-state index contributed by atoms with van der Waals surface area (Å²) in [6.45, 7) is 3.64. The molecule has 0 unspecified atom stereocenters. The summed E-state index contributed by atoms with van der Waals surface area (Å²) in [5.41, 5.74) is 0.770. The number of aromatic nitrogens is 2. The Balaban J connectivity index is 2.09. The summed E-state index contributed by atoms with van der Waals surface area (Å²) in [7, 11) is 0. The number of nitrogens with zero attached hydrogens (tertiary/aromatic N) is 2. The van der Waals surface area contributed by atoms with Crippen LogP contribution in [0.4, 0.5) is 5.69 Å². The van der Waals surface area contributed by atoms with Crippen LogP contribution in [-0.2, 0) is 4.74 Å². The number of anilines is 1. The second-order valence-electron chi connectivity index (χ2n) is 5.60. The minimum absolute atomic E-state index is 0.0154. The molecule has 27 heavy (non-hydrogen) atoms. The predicted octanol–water partition coefficient (Wildman–Crippen LogP) is 3.03. The van der Waals surface area contributed by atoms with Gasteiger partial charge in [-0.15, -0.1) is 11.3 Å². The van der Waals surface area contributed by atoms with E-state index in [0.717, 1.165) is 10.2 Å². The van der Waals surface area contributed by atoms with E-state index in [1.807, 2.05) is 19.1 Å². The van der Waals surface area contributed by atoms with Crippen LogP contribution in [0.15, 0.2) is 52.6 Å². The first-order chi connectivity index (χ1) is 13.0. The molecule has 0 saturated heterocycles. The molecule has 0 aliphatic rings. The van der Waals surface area contributed by atoms with Gasteiger partial charge in [-0.3, -0.25) is 9.59 Å². The van der Waals surface area contributed by atoms with Crippen molar-refractivity contribution in [1.29, 1.82) is 0 Å². The van der Waals surface area contributed by atoms with Crippen LogP contribution >= 0.6 is 11.3 Å². The average molecular weight is 383 g/mol. The average Bonchev–Trinajstić information content (AvgIpc) is 3.18. The van der Waals surface area contributed by atoms with Crippen molar-refractivity contribution in [2.45, 2.75) is 13.8 Å². The van der Waals surface area contributed by atoms with E-state index >= 15 is 0 Å². The number of rotatable bonds is 5. The lowest BCUT2D eigenvalue weighted by Gasteiger charge is -2.13. The van der Waals surface area contributed by atoms with Gasteiger partial charge < -0.3 is 10.1 Å². The lowest BCUT2D eigenvalue weighted by atomic mass is 10.2. The van der Waals surface area contributed by atoms with Gasteiger partial charge in [-0.2, -0.15) is 9.78 Å². The van der Waals surface area contributed by atoms with Crippen LogP contribution in [0, 0.1) is 6.92 Å². The number of hydrogen-bond donors (Lipinski definition) is 1. The van der Waals surface area contributed by atoms with Crippen LogP contribution in [0.1, 0.15) is 32.6 Å². The lowest BCUT2D eigenvalue weighted by molar-refractivity contribution is 0.0518. The SMILES string of the molecule is CCOC(=O)c1nn(-c2ccccc2C)c(=O)cc1NC(=O)c1cccs1. The molecular formula is C19H17N3O4S. The minimum atomic E-state index is -0.721. The van der Waals surface area contributed by atoms with Crippen molar-refractivity contribution in [2.24, 2.45) is 0 Å². The molecule has 7 nitrogen and oxygen atoms in total. The smallest absolute Gasteiger partial charge is 0.360 e. The molecule has 1 amide bonds. The Kier molecular flexibility index (Phi) is 5.46. The summed E-state index contributed by atoms with van der Waals surface area (Å²) in [5.74, 6) is -1.15. The highest BCUT2D eigenvalue weighted by atomic mass is 32.1. The lowest BCUT2D eigenvalue weighted by Crippen LogP contribution is -2.27. The minimum Gasteiger partial charge on any atom is -0.461 e. The number of thiophene rings is 1. The number of hydrogen-bond acceptors (Lipinski definition) is 6. The molecule has 0 radical (unpaired) electrons. The summed E-state index contributed by atoms with van der Waals surface area (Å²) in [5, 5.41) is 8.52. The van der Waals surface area contributed by atoms with Crippen molar-refractivity contribution in [3.63, 3.8) is 0 Å². The summed E-state index contributed by atoms with van der Waals surface area (Å²) in [6.07, 6.45) is 0. The third kappa shape index (κ3) is 3.95. The number of ether oxygens (including phenoxy) is 1. The standard InChI is InChI=1S/C19H17N3O4S/c1-3-26-19(25)17-13(20-18(24)15-9-6-10-27-15)11-16(23)22(21-17)14-8-5-4-7-12(14)2/h4-11H,3H2,1-2H3,(H,20,24). The number of esters is 1. The van der Waals surface area contributed by atoms with E-state index in [0.29, 0.717) is 10.6 Å². The number of para-hydroxylation sites is 1. The molecule has 8 heteroatoms. The fourth-order valence-corrected chi connectivity index (χ4v) is 3.09. The fourth-order valence-electron chi connectivity index (χ4n) is 2.47. The first-order valence-corrected chi connectivity index (χ1v) is 9.11. The third-order valence-corrected chi connectivity index (χ3v) is 4.61. The highest BCUT2D eigenvalue weighted by Crippen LogP contribution is 2.18. The van der Waals surface area contributed by atoms with Gasteiger partial charge in [-0.1, -0.05) is 24.3 Å². The summed E-state index contributed by atoms with van der Waals surface area (Å²) in [6, 6.07) is 11.7. The maximum Gasteiger partial charge on any atom is 0.360 e. The molecule has 1 aromatic carbocycles. The Morgan fingerprint density at radius 2 is 2.00 bits per heavy atom. The zero-order valence-electron chi connectivity index (χ0n) is 14.8. The Morgan fingerprint density at radius 1 is 1.22 bits per heavy atom. The fraction of sp³-hybridized carbons (Fsp3) is 0.158. The van der Waals surface area contributed by atoms with Gasteiger partial charge >= 0.3 is 5.97 Å². The van der Waals surface area contributed by atoms with E-state index in [1.165, 1.54) is 17.4 Å². The zero-order chi connectivity index (χ0) is 19.4. The quantitative estimate of drug-likeness (QED) is 0.684. The van der Waals surface area contributed by atoms with Gasteiger partial charge in [0.05, 0.1) is 22.9 Å². The molecule has 0 spiro atoms. The van der Waals surface area contributed by atoms with Crippen molar-refractivity contribution in [3.8, 4) is 5.69 Å². The summed E-state index contributed by atoms with van der Waals surface area (Å²) >= 11 is 1.25. The second-order valence-corrected chi connectivity index (χ2v) is 6.54. The van der Waals surface area contributed by atoms with E-state index in [1.54, 1.807) is 36.6 Å². The number of amides is 1. The van der Waals surface area contributed by atoms with Gasteiger partial charge in [-0.05, 0) is 36.9 Å². The highest BCUT2D eigenvalue weighted by Gasteiger charge is 2.21. The first kappa shape index (κ1) is 18.5. The summed E-state index contributed by atoms with van der Waals surface area (Å²) < 4.78 is 6.16. The largest absolute Gasteiger partial charge is 0.461 e. The first-order valence-electron chi connectivity index (χ1n) is 8.23. The van der Waals surface area contributed by atoms with Crippen LogP contribution in [0.2, 0.25) is 0 Å². The van der Waals surface area contributed by atoms with Gasteiger partial charge in [0, 0.05) is 6.07 Å². The van der Waals surface area contributed by atoms with Crippen LogP contribution in [0.3, 0.4) is 0 Å². The second kappa shape index (κ2) is 7.96. The number of nitrogens with one attached hydrogen (secondary N) is 1. The van der Waals surface area contributed by atoms with E-state index in [4.69, 9.17) is 4.74 Å². The van der Waals surface area contributed by atoms with Gasteiger partial charge in [0.25, 0.3) is 11.5 Å². The Labute approximate surface area is 159 Å². The van der Waals surface area contributed by atoms with E-state index in [9.17, 15) is 14.4 Å². The molecule has 3 aromatic rings. The predicted molar refractivity (Wildman–Crippen MR) is 103 cm³/mol. The van der Waals surface area contributed by atoms with Crippen molar-refractivity contribution in [2.75, 3.05) is 11.9 Å². The molecule has 0 fully saturated rings. The van der Waals surface area contributed by atoms with Crippen molar-refractivity contribution in [1.82, 2.24) is 9.78 Å². The molecule has 138 valence electrons. The normalized spacial score (nSPS) is 10.4. The number of carbonyl (C=O) groups is 2. The van der Waals surface area contributed by atoms with Gasteiger partial charge in [0.2, 0.25) is 0 Å². The molecule has 0 bridgehead atoms. The number of carbonyl (C=O) groups excluding carboxylic acids is 2. The van der Waals surface area contributed by atoms with E-state index in [2.05, 4.69) is 10.4 Å². The molecule has 3 rings (SSSR count). The Bertz CT molecular complexity index is 1040. The van der Waals surface area contributed by atoms with E-state index in [-0.39, 0.29) is 18.0 Å². The van der Waals surface area contributed by atoms with Crippen LogP contribution in [-0.4, -0.2) is 28.3 Å². The zero-order valence-corrected chi connectivity index (χ0v) is 15.6. The van der Waals surface area contributed by atoms with Crippen molar-refractivity contribution in [3.05, 3.63) is 74.3 Å². The molecule has 2 heterocycles. The molecule has 0 aliphatic heterocycles. The van der Waals surface area contributed by atoms with E-state index < -0.39 is 17.4 Å². The molecule has 1 N–H and O–H groups in total. The van der Waals surface area contributed by atoms with Gasteiger partial charge in [0.15, 0.2) is 5.69 Å². The van der Waals surface area contributed by atoms with Crippen LogP contribution in [0.5, 0.6) is 0 Å². The van der Waals surface area contributed by atoms with Crippen LogP contribution < -0.4 is 10.9 Å². The Morgan fingerprint density at radius 3 is 2.67 bits per heavy atom. The summed E-state index contributed by atoms with van der Waals surface area (Å²) in [4.78, 5) is 37.7. The maximum atomic E-state index is 12.6. The Hall–Kier alpha value is -3.26. The number of aryl methyl sites for hydroxylation is 1. The molecule has 0 saturated carbocycles. The van der Waals surface area contributed by atoms with Gasteiger partial charge in [-0.25, -0.2) is 4.79 Å². The topological polar surface area (TPSA) is 90.3 Å². The number of benzene rings is 1. The van der Waals surface area contributed by atoms with Crippen molar-refractivity contribution < 1.29 is 14.3 Å². The molecule has 0 aliphatic carbocycles. The van der Waals surface area contributed by atoms with Crippen molar-refractivity contribution >= 4 is 28.9 Å².